The smallest absolute Gasteiger partial charge is 0.0843 e. The van der Waals surface area contributed by atoms with E-state index in [-0.39, 0.29) is 5.88 Å². The lowest BCUT2D eigenvalue weighted by Crippen LogP contribution is -1.99. The molecule has 0 N–H and O–H groups in total. The quantitative estimate of drug-likeness (QED) is 0.561. The Bertz CT molecular complexity index is 195. The van der Waals surface area contributed by atoms with Crippen LogP contribution >= 0.6 is 0 Å². The molecule has 1 atom stereocenters. The lowest BCUT2D eigenvalue weighted by atomic mass is 10.7. The van der Waals surface area contributed by atoms with Gasteiger partial charge in [0.25, 0.3) is 0 Å². The Kier molecular flexibility index (Phi) is 2.02. The molecule has 1 aromatic rings. The van der Waals surface area contributed by atoms with Gasteiger partial charge in [-0.05, 0) is 23.2 Å². The summed E-state index contributed by atoms with van der Waals surface area (Å²) < 4.78 is 21.7. The molecule has 50 valence electrons. The normalized spacial score (nSPS) is 13.4. The van der Waals surface area contributed by atoms with Gasteiger partial charge in [-0.2, -0.15) is 0 Å². The Morgan fingerprint density at radius 2 is 2.00 bits per heavy atom. The Hall–Kier alpha value is -0.610. The van der Waals surface area contributed by atoms with E-state index in [1.165, 1.54) is 0 Å². The van der Waals surface area contributed by atoms with Gasteiger partial charge in [-0.25, -0.2) is 0 Å². The summed E-state index contributed by atoms with van der Waals surface area (Å²) in [7, 11) is 0. The van der Waals surface area contributed by atoms with Crippen molar-refractivity contribution in [3.8, 4) is 0 Å². The van der Waals surface area contributed by atoms with Crippen molar-refractivity contribution in [2.75, 3.05) is 0 Å². The van der Waals surface area contributed by atoms with Gasteiger partial charge in [-0.1, -0.05) is 0 Å². The van der Waals surface area contributed by atoms with Crippen molar-refractivity contribution in [1.29, 1.82) is 0 Å². The third kappa shape index (κ3) is 1.99. The van der Waals surface area contributed by atoms with Crippen LogP contribution in [0.1, 0.15) is 0 Å². The molecule has 0 aliphatic carbocycles. The first-order valence-corrected chi connectivity index (χ1v) is 3.70. The first kappa shape index (κ1) is 6.51. The molecule has 0 spiro atoms. The largest absolute Gasteiger partial charge is 0.771 e. The van der Waals surface area contributed by atoms with E-state index in [1.54, 1.807) is 29.1 Å². The van der Waals surface area contributed by atoms with Crippen LogP contribution in [0.25, 0.3) is 0 Å². The summed E-state index contributed by atoms with van der Waals surface area (Å²) >= 11 is -1.98. The second-order valence-corrected chi connectivity index (χ2v) is 2.50. The zero-order valence-corrected chi connectivity index (χ0v) is 5.50. The summed E-state index contributed by atoms with van der Waals surface area (Å²) in [6.07, 6.45) is 3.41. The maximum atomic E-state index is 10.0. The van der Waals surface area contributed by atoms with Crippen LogP contribution in [0.15, 0.2) is 24.5 Å². The van der Waals surface area contributed by atoms with Crippen molar-refractivity contribution < 1.29 is 8.76 Å². The molecular formula is C5H6NO2S-. The molecule has 0 amide bonds. The van der Waals surface area contributed by atoms with Crippen molar-refractivity contribution in [3.63, 3.8) is 0 Å². The Morgan fingerprint density at radius 3 is 2.44 bits per heavy atom. The van der Waals surface area contributed by atoms with E-state index in [0.29, 0.717) is 0 Å². The Labute approximate surface area is 55.6 Å². The van der Waals surface area contributed by atoms with Gasteiger partial charge in [-0.15, -0.1) is 0 Å². The minimum Gasteiger partial charge on any atom is -0.771 e. The highest BCUT2D eigenvalue weighted by molar-refractivity contribution is 7.78. The standard InChI is InChI=1S/C5H7NO2S/c7-9(8)5-6-3-1-2-4-6/h1-4H,5H2,(H,7,8)/p-1. The topological polar surface area (TPSA) is 45.1 Å². The van der Waals surface area contributed by atoms with Crippen LogP contribution in [0, 0.1) is 0 Å². The molecule has 3 nitrogen and oxygen atoms in total. The molecule has 1 aromatic heterocycles. The van der Waals surface area contributed by atoms with Crippen LogP contribution in [0.3, 0.4) is 0 Å². The summed E-state index contributed by atoms with van der Waals surface area (Å²) in [6, 6.07) is 3.57. The van der Waals surface area contributed by atoms with Gasteiger partial charge in [0.05, 0.1) is 5.88 Å². The fraction of sp³-hybridized carbons (Fsp3) is 0.200. The average Bonchev–Trinajstić information content (AvgIpc) is 2.15. The van der Waals surface area contributed by atoms with Crippen molar-refractivity contribution in [2.45, 2.75) is 5.88 Å². The highest BCUT2D eigenvalue weighted by Crippen LogP contribution is 1.90. The molecule has 0 aliphatic rings. The van der Waals surface area contributed by atoms with E-state index in [0.717, 1.165) is 0 Å². The van der Waals surface area contributed by atoms with Gasteiger partial charge in [0.2, 0.25) is 0 Å². The number of nitrogens with zero attached hydrogens (tertiary/aromatic N) is 1. The minimum atomic E-state index is -1.98. The van der Waals surface area contributed by atoms with Crippen molar-refractivity contribution in [1.82, 2.24) is 4.57 Å². The van der Waals surface area contributed by atoms with Crippen LogP contribution in [-0.2, 0) is 17.0 Å². The monoisotopic (exact) mass is 144 g/mol. The van der Waals surface area contributed by atoms with Crippen molar-refractivity contribution >= 4 is 11.1 Å². The molecule has 4 heteroatoms. The van der Waals surface area contributed by atoms with Gasteiger partial charge in [0.15, 0.2) is 0 Å². The second kappa shape index (κ2) is 2.80. The molecule has 9 heavy (non-hydrogen) atoms. The molecule has 0 fully saturated rings. The van der Waals surface area contributed by atoms with Crippen molar-refractivity contribution in [2.24, 2.45) is 0 Å². The van der Waals surface area contributed by atoms with Gasteiger partial charge in [-0.3, -0.25) is 4.21 Å². The van der Waals surface area contributed by atoms with Gasteiger partial charge < -0.3 is 9.12 Å². The fourth-order valence-corrected chi connectivity index (χ4v) is 0.994. The molecule has 0 aliphatic heterocycles. The molecule has 1 rings (SSSR count). The summed E-state index contributed by atoms with van der Waals surface area (Å²) in [4.78, 5) is 0. The molecule has 1 unspecified atom stereocenters. The number of hydrogen-bond acceptors (Lipinski definition) is 2. The van der Waals surface area contributed by atoms with E-state index >= 15 is 0 Å². The van der Waals surface area contributed by atoms with Crippen LogP contribution in [0.5, 0.6) is 0 Å². The van der Waals surface area contributed by atoms with Gasteiger partial charge in [0.1, 0.15) is 0 Å². The number of hydrogen-bond donors (Lipinski definition) is 0. The predicted octanol–water partition coefficient (Wildman–Crippen LogP) is 0.325. The third-order valence-corrected chi connectivity index (χ3v) is 1.43. The Balaban J connectivity index is 2.58. The van der Waals surface area contributed by atoms with Gasteiger partial charge >= 0.3 is 0 Å². The van der Waals surface area contributed by atoms with Crippen LogP contribution in [0.2, 0.25) is 0 Å². The molecule has 1 heterocycles. The zero-order chi connectivity index (χ0) is 6.69. The highest BCUT2D eigenvalue weighted by Gasteiger charge is 1.84. The molecular weight excluding hydrogens is 138 g/mol. The molecule has 0 bridgehead atoms. The third-order valence-electron chi connectivity index (χ3n) is 0.921. The molecule has 0 radical (unpaired) electrons. The first-order valence-electron chi connectivity index (χ1n) is 2.45. The lowest BCUT2D eigenvalue weighted by Gasteiger charge is -2.04. The minimum absolute atomic E-state index is 0.0486. The van der Waals surface area contributed by atoms with E-state index < -0.39 is 11.1 Å². The maximum absolute atomic E-state index is 10.0. The van der Waals surface area contributed by atoms with Crippen LogP contribution in [-0.4, -0.2) is 13.3 Å². The molecule has 0 saturated heterocycles. The summed E-state index contributed by atoms with van der Waals surface area (Å²) in [5.74, 6) is 0.0486. The summed E-state index contributed by atoms with van der Waals surface area (Å²) in [5.41, 5.74) is 0. The maximum Gasteiger partial charge on any atom is 0.0843 e. The number of aromatic nitrogens is 1. The molecule has 0 aromatic carbocycles. The van der Waals surface area contributed by atoms with E-state index in [1.807, 2.05) is 0 Å². The Morgan fingerprint density at radius 1 is 1.44 bits per heavy atom. The van der Waals surface area contributed by atoms with E-state index in [2.05, 4.69) is 0 Å². The predicted molar refractivity (Wildman–Crippen MR) is 33.4 cm³/mol. The highest BCUT2D eigenvalue weighted by atomic mass is 32.2. The molecule has 0 saturated carbocycles. The second-order valence-electron chi connectivity index (χ2n) is 1.63. The fourth-order valence-electron chi connectivity index (χ4n) is 0.578. The van der Waals surface area contributed by atoms with Crippen LogP contribution < -0.4 is 0 Å². The number of rotatable bonds is 2. The van der Waals surface area contributed by atoms with E-state index in [9.17, 15) is 8.76 Å². The summed E-state index contributed by atoms with van der Waals surface area (Å²) in [5, 5.41) is 0. The van der Waals surface area contributed by atoms with Gasteiger partial charge in [0, 0.05) is 12.4 Å². The SMILES string of the molecule is O=S([O-])Cn1cccc1. The van der Waals surface area contributed by atoms with E-state index in [4.69, 9.17) is 0 Å². The van der Waals surface area contributed by atoms with Crippen molar-refractivity contribution in [3.05, 3.63) is 24.5 Å². The lowest BCUT2D eigenvalue weighted by molar-refractivity contribution is 0.526. The van der Waals surface area contributed by atoms with Crippen LogP contribution in [0.4, 0.5) is 0 Å². The average molecular weight is 144 g/mol. The first-order chi connectivity index (χ1) is 4.29. The summed E-state index contributed by atoms with van der Waals surface area (Å²) in [6.45, 7) is 0. The zero-order valence-electron chi connectivity index (χ0n) is 4.69.